The quantitative estimate of drug-likeness (QED) is 0.912. The number of nitrogens with zero attached hydrogens (tertiary/aromatic N) is 2. The van der Waals surface area contributed by atoms with E-state index in [-0.39, 0.29) is 0 Å². The van der Waals surface area contributed by atoms with Crippen LogP contribution < -0.4 is 5.32 Å². The largest absolute Gasteiger partial charge is 0.382 e. The molecule has 0 amide bonds. The van der Waals surface area contributed by atoms with Crippen LogP contribution >= 0.6 is 0 Å². The van der Waals surface area contributed by atoms with Gasteiger partial charge < -0.3 is 9.88 Å². The van der Waals surface area contributed by atoms with E-state index >= 15 is 0 Å². The lowest BCUT2D eigenvalue weighted by Crippen LogP contribution is -2.30. The molecule has 0 radical (unpaired) electrons. The number of hydrogen-bond donors (Lipinski definition) is 1. The number of nitrogens with one attached hydrogen (secondary N) is 1. The van der Waals surface area contributed by atoms with Gasteiger partial charge >= 0.3 is 0 Å². The molecule has 3 heteroatoms. The maximum absolute atomic E-state index is 4.10. The van der Waals surface area contributed by atoms with Gasteiger partial charge in [0.15, 0.2) is 0 Å². The second kappa shape index (κ2) is 6.33. The first-order chi connectivity index (χ1) is 10.2. The fraction of sp³-hybridized carbons (Fsp3) is 0.500. The van der Waals surface area contributed by atoms with Gasteiger partial charge in [-0.25, -0.2) is 4.98 Å². The van der Waals surface area contributed by atoms with Crippen molar-refractivity contribution in [3.63, 3.8) is 0 Å². The van der Waals surface area contributed by atoms with Gasteiger partial charge in [0.05, 0.1) is 6.33 Å². The van der Waals surface area contributed by atoms with E-state index in [2.05, 4.69) is 53.0 Å². The fourth-order valence-electron chi connectivity index (χ4n) is 3.65. The van der Waals surface area contributed by atoms with Gasteiger partial charge in [-0.3, -0.25) is 0 Å². The minimum absolute atomic E-state index is 0.618. The molecule has 2 unspecified atom stereocenters. The Morgan fingerprint density at radius 1 is 1.19 bits per heavy atom. The summed E-state index contributed by atoms with van der Waals surface area (Å²) >= 11 is 0. The number of anilines is 1. The first-order valence-electron chi connectivity index (χ1n) is 8.00. The molecule has 1 aromatic heterocycles. The molecule has 1 fully saturated rings. The summed E-state index contributed by atoms with van der Waals surface area (Å²) in [6.07, 6.45) is 9.65. The minimum atomic E-state index is 0.618. The van der Waals surface area contributed by atoms with Crippen LogP contribution in [0.25, 0.3) is 0 Å². The van der Waals surface area contributed by atoms with Crippen LogP contribution in [-0.2, 0) is 6.54 Å². The lowest BCUT2D eigenvalue weighted by atomic mass is 9.80. The van der Waals surface area contributed by atoms with Crippen LogP contribution in [0.4, 0.5) is 5.69 Å². The van der Waals surface area contributed by atoms with Crippen molar-refractivity contribution in [1.82, 2.24) is 9.55 Å². The molecule has 0 saturated heterocycles. The van der Waals surface area contributed by atoms with E-state index in [0.717, 1.165) is 18.4 Å². The third kappa shape index (κ3) is 3.87. The van der Waals surface area contributed by atoms with Crippen LogP contribution in [0.15, 0.2) is 43.0 Å². The van der Waals surface area contributed by atoms with Crippen LogP contribution in [-0.4, -0.2) is 15.6 Å². The summed E-state index contributed by atoms with van der Waals surface area (Å²) in [7, 11) is 0. The summed E-state index contributed by atoms with van der Waals surface area (Å²) in [6.45, 7) is 5.63. The molecule has 1 aliphatic rings. The Balaban J connectivity index is 1.65. The third-order valence-electron chi connectivity index (χ3n) is 4.40. The minimum Gasteiger partial charge on any atom is -0.382 e. The number of aromatic nitrogens is 2. The predicted octanol–water partition coefficient (Wildman–Crippen LogP) is 4.17. The Bertz CT molecular complexity index is 552. The summed E-state index contributed by atoms with van der Waals surface area (Å²) in [5, 5.41) is 3.74. The predicted molar refractivity (Wildman–Crippen MR) is 87.4 cm³/mol. The second-order valence-corrected chi connectivity index (χ2v) is 6.69. The molecule has 1 heterocycles. The molecule has 0 aliphatic heterocycles. The summed E-state index contributed by atoms with van der Waals surface area (Å²) in [4.78, 5) is 4.10. The highest BCUT2D eigenvalue weighted by Gasteiger charge is 2.23. The van der Waals surface area contributed by atoms with Crippen molar-refractivity contribution >= 4 is 5.69 Å². The Morgan fingerprint density at radius 2 is 2.00 bits per heavy atom. The van der Waals surface area contributed by atoms with Crippen LogP contribution in [0.3, 0.4) is 0 Å². The summed E-state index contributed by atoms with van der Waals surface area (Å²) in [6, 6.07) is 9.39. The van der Waals surface area contributed by atoms with Gasteiger partial charge in [0.25, 0.3) is 0 Å². The van der Waals surface area contributed by atoms with Crippen molar-refractivity contribution in [2.45, 2.75) is 45.7 Å². The molecule has 1 aliphatic carbocycles. The Kier molecular flexibility index (Phi) is 4.28. The second-order valence-electron chi connectivity index (χ2n) is 6.69. The first-order valence-corrected chi connectivity index (χ1v) is 8.00. The first kappa shape index (κ1) is 14.2. The molecule has 3 rings (SSSR count). The summed E-state index contributed by atoms with van der Waals surface area (Å²) in [5.41, 5.74) is 2.56. The Morgan fingerprint density at radius 3 is 2.71 bits per heavy atom. The van der Waals surface area contributed by atoms with Crippen molar-refractivity contribution in [1.29, 1.82) is 0 Å². The molecule has 112 valence electrons. The van der Waals surface area contributed by atoms with Gasteiger partial charge in [-0.1, -0.05) is 26.0 Å². The smallest absolute Gasteiger partial charge is 0.0949 e. The van der Waals surface area contributed by atoms with Gasteiger partial charge in [-0.05, 0) is 48.8 Å². The van der Waals surface area contributed by atoms with Crippen molar-refractivity contribution in [3.8, 4) is 0 Å². The van der Waals surface area contributed by atoms with Crippen molar-refractivity contribution in [3.05, 3.63) is 48.5 Å². The van der Waals surface area contributed by atoms with Crippen LogP contribution in [0.5, 0.6) is 0 Å². The van der Waals surface area contributed by atoms with E-state index in [1.807, 2.05) is 18.7 Å². The molecule has 1 N–H and O–H groups in total. The van der Waals surface area contributed by atoms with Gasteiger partial charge in [-0.15, -0.1) is 0 Å². The molecule has 3 nitrogen and oxygen atoms in total. The SMILES string of the molecule is CC1CC(C)CC(Nc2cccc(Cn3ccnc3)c2)C1. The van der Waals surface area contributed by atoms with E-state index < -0.39 is 0 Å². The molecule has 0 bridgehead atoms. The number of benzene rings is 1. The van der Waals surface area contributed by atoms with E-state index in [9.17, 15) is 0 Å². The zero-order valence-corrected chi connectivity index (χ0v) is 13.0. The maximum Gasteiger partial charge on any atom is 0.0949 e. The molecule has 21 heavy (non-hydrogen) atoms. The molecule has 2 atom stereocenters. The highest BCUT2D eigenvalue weighted by molar-refractivity contribution is 5.46. The van der Waals surface area contributed by atoms with Crippen LogP contribution in [0.2, 0.25) is 0 Å². The number of rotatable bonds is 4. The molecular weight excluding hydrogens is 258 g/mol. The van der Waals surface area contributed by atoms with Crippen LogP contribution in [0.1, 0.15) is 38.7 Å². The average Bonchev–Trinajstić information content (AvgIpc) is 2.90. The monoisotopic (exact) mass is 283 g/mol. The highest BCUT2D eigenvalue weighted by Crippen LogP contribution is 2.30. The lowest BCUT2D eigenvalue weighted by molar-refractivity contribution is 0.281. The topological polar surface area (TPSA) is 29.9 Å². The van der Waals surface area contributed by atoms with E-state index in [1.54, 1.807) is 0 Å². The lowest BCUT2D eigenvalue weighted by Gasteiger charge is -2.32. The Hall–Kier alpha value is -1.77. The van der Waals surface area contributed by atoms with E-state index in [4.69, 9.17) is 0 Å². The molecule has 1 aromatic carbocycles. The maximum atomic E-state index is 4.10. The normalized spacial score (nSPS) is 25.7. The molecule has 0 spiro atoms. The van der Waals surface area contributed by atoms with Gasteiger partial charge in [-0.2, -0.15) is 0 Å². The fourth-order valence-corrected chi connectivity index (χ4v) is 3.65. The van der Waals surface area contributed by atoms with Crippen molar-refractivity contribution < 1.29 is 0 Å². The number of hydrogen-bond acceptors (Lipinski definition) is 2. The Labute approximate surface area is 127 Å². The number of imidazole rings is 1. The van der Waals surface area contributed by atoms with Gasteiger partial charge in [0.2, 0.25) is 0 Å². The summed E-state index contributed by atoms with van der Waals surface area (Å²) < 4.78 is 2.10. The zero-order chi connectivity index (χ0) is 14.7. The molecular formula is C18H25N3. The van der Waals surface area contributed by atoms with Gasteiger partial charge in [0, 0.05) is 30.7 Å². The third-order valence-corrected chi connectivity index (χ3v) is 4.40. The van der Waals surface area contributed by atoms with E-state index in [0.29, 0.717) is 6.04 Å². The average molecular weight is 283 g/mol. The van der Waals surface area contributed by atoms with Gasteiger partial charge in [0.1, 0.15) is 0 Å². The van der Waals surface area contributed by atoms with E-state index in [1.165, 1.54) is 30.5 Å². The van der Waals surface area contributed by atoms with Crippen molar-refractivity contribution in [2.75, 3.05) is 5.32 Å². The van der Waals surface area contributed by atoms with Crippen molar-refractivity contribution in [2.24, 2.45) is 11.8 Å². The summed E-state index contributed by atoms with van der Waals surface area (Å²) in [5.74, 6) is 1.67. The molecule has 1 saturated carbocycles. The zero-order valence-electron chi connectivity index (χ0n) is 13.0. The standard InChI is InChI=1S/C18H25N3/c1-14-8-15(2)10-18(9-14)20-17-5-3-4-16(11-17)12-21-7-6-19-13-21/h3-7,11,13-15,18,20H,8-10,12H2,1-2H3. The molecule has 2 aromatic rings. The van der Waals surface area contributed by atoms with Crippen LogP contribution in [0, 0.1) is 11.8 Å². The highest BCUT2D eigenvalue weighted by atomic mass is 15.0.